The van der Waals surface area contributed by atoms with Crippen LogP contribution in [-0.4, -0.2) is 51.1 Å². The molecule has 2 N–H and O–H groups in total. The highest BCUT2D eigenvalue weighted by molar-refractivity contribution is 5.94. The van der Waals surface area contributed by atoms with Crippen molar-refractivity contribution in [2.24, 2.45) is 5.92 Å². The number of rotatable bonds is 9. The summed E-state index contributed by atoms with van der Waals surface area (Å²) in [5, 5.41) is 13.0. The summed E-state index contributed by atoms with van der Waals surface area (Å²) in [6.07, 6.45) is 12.4. The van der Waals surface area contributed by atoms with Crippen LogP contribution in [0.2, 0.25) is 0 Å². The van der Waals surface area contributed by atoms with E-state index in [0.29, 0.717) is 22.8 Å². The van der Waals surface area contributed by atoms with Gasteiger partial charge in [-0.3, -0.25) is 19.8 Å². The van der Waals surface area contributed by atoms with Crippen LogP contribution in [0.5, 0.6) is 0 Å². The molecule has 2 aromatic rings. The van der Waals surface area contributed by atoms with Gasteiger partial charge in [-0.15, -0.1) is 0 Å². The fourth-order valence-electron chi connectivity index (χ4n) is 4.17. The maximum atomic E-state index is 12.2. The van der Waals surface area contributed by atoms with Crippen molar-refractivity contribution in [2.45, 2.75) is 63.7 Å². The van der Waals surface area contributed by atoms with Crippen LogP contribution in [0.25, 0.3) is 11.4 Å². The van der Waals surface area contributed by atoms with Gasteiger partial charge in [0, 0.05) is 44.4 Å². The highest BCUT2D eigenvalue weighted by atomic mass is 16.5. The minimum atomic E-state index is -0.484. The van der Waals surface area contributed by atoms with E-state index in [1.165, 1.54) is 43.2 Å². The molecule has 0 aliphatic heterocycles. The molecule has 2 aromatic heterocycles. The zero-order valence-electron chi connectivity index (χ0n) is 18.2. The lowest BCUT2D eigenvalue weighted by molar-refractivity contribution is -0.129. The second kappa shape index (κ2) is 11.0. The molecular weight excluding hydrogens is 398 g/mol. The Bertz CT molecular complexity index is 876. The third-order valence-electron chi connectivity index (χ3n) is 5.89. The van der Waals surface area contributed by atoms with Crippen molar-refractivity contribution in [1.82, 2.24) is 25.5 Å². The van der Waals surface area contributed by atoms with Crippen LogP contribution in [0.15, 0.2) is 23.0 Å². The lowest BCUT2D eigenvalue weighted by Gasteiger charge is -2.22. The minimum absolute atomic E-state index is 0.0696. The smallest absolute Gasteiger partial charge is 0.254 e. The molecule has 168 valence electrons. The van der Waals surface area contributed by atoms with Crippen LogP contribution >= 0.6 is 0 Å². The predicted molar refractivity (Wildman–Crippen MR) is 113 cm³/mol. The van der Waals surface area contributed by atoms with Gasteiger partial charge in [-0.05, 0) is 18.4 Å². The Morgan fingerprint density at radius 3 is 2.74 bits per heavy atom. The molecule has 0 unspecified atom stereocenters. The van der Waals surface area contributed by atoms with Gasteiger partial charge in [0.25, 0.3) is 5.91 Å². The van der Waals surface area contributed by atoms with Crippen molar-refractivity contribution >= 4 is 11.8 Å². The van der Waals surface area contributed by atoms with E-state index in [1.807, 2.05) is 0 Å². The van der Waals surface area contributed by atoms with E-state index in [-0.39, 0.29) is 18.2 Å². The summed E-state index contributed by atoms with van der Waals surface area (Å²) in [5.41, 5.74) is 2.69. The fourth-order valence-corrected chi connectivity index (χ4v) is 4.17. The average Bonchev–Trinajstić information content (AvgIpc) is 3.29. The van der Waals surface area contributed by atoms with E-state index in [1.54, 1.807) is 31.8 Å². The second-order valence-corrected chi connectivity index (χ2v) is 8.49. The van der Waals surface area contributed by atoms with Crippen LogP contribution in [-0.2, 0) is 4.79 Å². The first-order valence-corrected chi connectivity index (χ1v) is 10.9. The van der Waals surface area contributed by atoms with Crippen molar-refractivity contribution in [2.75, 3.05) is 14.1 Å². The van der Waals surface area contributed by atoms with E-state index in [0.717, 1.165) is 25.2 Å². The van der Waals surface area contributed by atoms with Crippen molar-refractivity contribution in [3.8, 4) is 11.4 Å². The highest BCUT2D eigenvalue weighted by Crippen LogP contribution is 2.31. The molecule has 3 rings (SSSR count). The summed E-state index contributed by atoms with van der Waals surface area (Å²) in [4.78, 5) is 34.1. The maximum Gasteiger partial charge on any atom is 0.254 e. The van der Waals surface area contributed by atoms with Gasteiger partial charge in [0.1, 0.15) is 0 Å². The lowest BCUT2D eigenvalue weighted by atomic mass is 9.84. The predicted octanol–water partition coefficient (Wildman–Crippen LogP) is 3.56. The summed E-state index contributed by atoms with van der Waals surface area (Å²) < 4.78 is 5.47. The monoisotopic (exact) mass is 429 g/mol. The Hall–Kier alpha value is -2.81. The van der Waals surface area contributed by atoms with Crippen molar-refractivity contribution in [3.63, 3.8) is 0 Å². The number of hydrogen-bond donors (Lipinski definition) is 2. The zero-order valence-corrected chi connectivity index (χ0v) is 18.2. The van der Waals surface area contributed by atoms with E-state index >= 15 is 0 Å². The molecule has 31 heavy (non-hydrogen) atoms. The van der Waals surface area contributed by atoms with Gasteiger partial charge in [-0.25, -0.2) is 5.48 Å². The number of aromatic nitrogens is 3. The van der Waals surface area contributed by atoms with E-state index in [9.17, 15) is 9.59 Å². The molecule has 2 amide bonds. The number of carbonyl (C=O) groups excluding carboxylic acids is 2. The van der Waals surface area contributed by atoms with Crippen LogP contribution in [0.1, 0.15) is 80.0 Å². The summed E-state index contributed by atoms with van der Waals surface area (Å²) >= 11 is 0. The number of pyridine rings is 1. The molecule has 0 bridgehead atoms. The Kier molecular flexibility index (Phi) is 8.11. The number of nitrogens with one attached hydrogen (secondary N) is 1. The first-order valence-electron chi connectivity index (χ1n) is 10.9. The van der Waals surface area contributed by atoms with Gasteiger partial charge in [-0.2, -0.15) is 4.98 Å². The second-order valence-electron chi connectivity index (χ2n) is 8.49. The van der Waals surface area contributed by atoms with Crippen molar-refractivity contribution in [3.05, 3.63) is 29.9 Å². The standard InChI is InChI=1S/C22H31N5O4/c1-27(2)22(29)18-11-17(13-23-14-18)20-24-21(31-26-20)16(12-19(28)25-30)10-6-9-15-7-4-3-5-8-15/h11,13-16,30H,3-10,12H2,1-2H3,(H,25,28)/t16-/m0/s1. The van der Waals surface area contributed by atoms with Gasteiger partial charge >= 0.3 is 0 Å². The first kappa shape index (κ1) is 22.9. The zero-order chi connectivity index (χ0) is 22.2. The summed E-state index contributed by atoms with van der Waals surface area (Å²) in [5.74, 6) is 0.490. The fraction of sp³-hybridized carbons (Fsp3) is 0.591. The van der Waals surface area contributed by atoms with E-state index < -0.39 is 5.91 Å². The Morgan fingerprint density at radius 2 is 2.03 bits per heavy atom. The van der Waals surface area contributed by atoms with Gasteiger partial charge in [0.2, 0.25) is 17.6 Å². The molecule has 0 radical (unpaired) electrons. The maximum absolute atomic E-state index is 12.2. The topological polar surface area (TPSA) is 121 Å². The van der Waals surface area contributed by atoms with Crippen LogP contribution in [0, 0.1) is 5.92 Å². The molecule has 9 nitrogen and oxygen atoms in total. The summed E-state index contributed by atoms with van der Waals surface area (Å²) in [6, 6.07) is 1.67. The normalized spacial score (nSPS) is 15.5. The molecule has 0 aromatic carbocycles. The lowest BCUT2D eigenvalue weighted by Crippen LogP contribution is -2.21. The highest BCUT2D eigenvalue weighted by Gasteiger charge is 2.24. The summed E-state index contributed by atoms with van der Waals surface area (Å²) in [6.45, 7) is 0. The van der Waals surface area contributed by atoms with Crippen LogP contribution < -0.4 is 5.48 Å². The Labute approximate surface area is 182 Å². The number of carbonyl (C=O) groups is 2. The number of amides is 2. The van der Waals surface area contributed by atoms with Crippen LogP contribution in [0.4, 0.5) is 0 Å². The van der Waals surface area contributed by atoms with Crippen molar-refractivity contribution in [1.29, 1.82) is 0 Å². The van der Waals surface area contributed by atoms with E-state index in [2.05, 4.69) is 15.1 Å². The first-order chi connectivity index (χ1) is 15.0. The molecule has 1 saturated carbocycles. The van der Waals surface area contributed by atoms with Gasteiger partial charge in [0.15, 0.2) is 0 Å². The van der Waals surface area contributed by atoms with Crippen molar-refractivity contribution < 1.29 is 19.3 Å². The molecule has 9 heteroatoms. The molecule has 2 heterocycles. The molecule has 0 saturated heterocycles. The summed E-state index contributed by atoms with van der Waals surface area (Å²) in [7, 11) is 3.34. The molecule has 1 aliphatic rings. The molecule has 1 fully saturated rings. The molecular formula is C22H31N5O4. The van der Waals surface area contributed by atoms with Gasteiger partial charge in [-0.1, -0.05) is 50.1 Å². The van der Waals surface area contributed by atoms with Gasteiger partial charge in [0.05, 0.1) is 5.56 Å². The van der Waals surface area contributed by atoms with Gasteiger partial charge < -0.3 is 9.42 Å². The number of hydrogen-bond acceptors (Lipinski definition) is 7. The third kappa shape index (κ3) is 6.33. The Balaban J connectivity index is 1.71. The number of nitrogens with zero attached hydrogens (tertiary/aromatic N) is 4. The Morgan fingerprint density at radius 1 is 1.26 bits per heavy atom. The largest absolute Gasteiger partial charge is 0.345 e. The molecule has 0 spiro atoms. The van der Waals surface area contributed by atoms with Crippen LogP contribution in [0.3, 0.4) is 0 Å². The minimum Gasteiger partial charge on any atom is -0.345 e. The molecule has 1 aliphatic carbocycles. The SMILES string of the molecule is CN(C)C(=O)c1cncc(-c2noc([C@@H](CCCC3CCCCC3)CC(=O)NO)n2)c1. The average molecular weight is 430 g/mol. The molecule has 1 atom stereocenters. The third-order valence-corrected chi connectivity index (χ3v) is 5.89. The van der Waals surface area contributed by atoms with E-state index in [4.69, 9.17) is 9.73 Å². The number of hydroxylamine groups is 1. The quantitative estimate of drug-likeness (QED) is 0.462.